The molecule has 1 unspecified atom stereocenters. The van der Waals surface area contributed by atoms with Crippen LogP contribution in [0.15, 0.2) is 34.9 Å². The number of aromatic nitrogens is 2. The standard InChI is InChI=1S/C13H16BrClN4/c1-2-7-19-13(11(15)8-17-19)12(18-16)9-3-5-10(14)6-4-9/h3-6,8,12,18H,2,7,16H2,1H3. The van der Waals surface area contributed by atoms with Crippen LogP contribution in [0, 0.1) is 0 Å². The Morgan fingerprint density at radius 2 is 2.11 bits per heavy atom. The first-order valence-corrected chi connectivity index (χ1v) is 7.27. The van der Waals surface area contributed by atoms with E-state index in [9.17, 15) is 0 Å². The van der Waals surface area contributed by atoms with Gasteiger partial charge in [0.1, 0.15) is 0 Å². The van der Waals surface area contributed by atoms with Crippen molar-refractivity contribution in [3.63, 3.8) is 0 Å². The van der Waals surface area contributed by atoms with E-state index in [1.165, 1.54) is 0 Å². The minimum atomic E-state index is -0.172. The van der Waals surface area contributed by atoms with Crippen LogP contribution in [0.4, 0.5) is 0 Å². The third-order valence-electron chi connectivity index (χ3n) is 2.91. The smallest absolute Gasteiger partial charge is 0.0893 e. The Morgan fingerprint density at radius 3 is 2.68 bits per heavy atom. The normalized spacial score (nSPS) is 12.6. The summed E-state index contributed by atoms with van der Waals surface area (Å²) in [4.78, 5) is 0. The van der Waals surface area contributed by atoms with E-state index in [4.69, 9.17) is 17.4 Å². The molecule has 0 amide bonds. The molecule has 0 aliphatic carbocycles. The molecule has 0 fully saturated rings. The largest absolute Gasteiger partial charge is 0.271 e. The Morgan fingerprint density at radius 1 is 1.42 bits per heavy atom. The predicted octanol–water partition coefficient (Wildman–Crippen LogP) is 3.26. The average Bonchev–Trinajstić information content (AvgIpc) is 2.76. The summed E-state index contributed by atoms with van der Waals surface area (Å²) >= 11 is 9.67. The SMILES string of the molecule is CCCn1ncc(Cl)c1C(NN)c1ccc(Br)cc1. The van der Waals surface area contributed by atoms with Crippen LogP contribution in [0.2, 0.25) is 5.02 Å². The van der Waals surface area contributed by atoms with E-state index in [1.54, 1.807) is 6.20 Å². The fraction of sp³-hybridized carbons (Fsp3) is 0.308. The van der Waals surface area contributed by atoms with Gasteiger partial charge < -0.3 is 0 Å². The van der Waals surface area contributed by atoms with E-state index >= 15 is 0 Å². The molecule has 0 radical (unpaired) electrons. The average molecular weight is 344 g/mol. The number of nitrogens with zero attached hydrogens (tertiary/aromatic N) is 2. The van der Waals surface area contributed by atoms with Gasteiger partial charge in [-0.25, -0.2) is 5.43 Å². The number of hydrogen-bond acceptors (Lipinski definition) is 3. The van der Waals surface area contributed by atoms with Crippen molar-refractivity contribution in [3.8, 4) is 0 Å². The Labute approximate surface area is 126 Å². The second-order valence-electron chi connectivity index (χ2n) is 4.25. The zero-order valence-corrected chi connectivity index (χ0v) is 12.9. The van der Waals surface area contributed by atoms with E-state index in [-0.39, 0.29) is 6.04 Å². The molecule has 1 heterocycles. The fourth-order valence-electron chi connectivity index (χ4n) is 2.04. The maximum atomic E-state index is 6.25. The Bertz CT molecular complexity index is 538. The van der Waals surface area contributed by atoms with Gasteiger partial charge in [0.15, 0.2) is 0 Å². The van der Waals surface area contributed by atoms with Crippen LogP contribution in [-0.2, 0) is 6.54 Å². The summed E-state index contributed by atoms with van der Waals surface area (Å²) in [7, 11) is 0. The summed E-state index contributed by atoms with van der Waals surface area (Å²) in [5.41, 5.74) is 4.76. The maximum Gasteiger partial charge on any atom is 0.0893 e. The Balaban J connectivity index is 2.41. The van der Waals surface area contributed by atoms with Crippen LogP contribution in [-0.4, -0.2) is 9.78 Å². The first-order chi connectivity index (χ1) is 9.17. The lowest BCUT2D eigenvalue weighted by Gasteiger charge is -2.18. The molecule has 6 heteroatoms. The summed E-state index contributed by atoms with van der Waals surface area (Å²) in [5, 5.41) is 4.92. The van der Waals surface area contributed by atoms with Crippen molar-refractivity contribution >= 4 is 27.5 Å². The molecular weight excluding hydrogens is 328 g/mol. The van der Waals surface area contributed by atoms with Gasteiger partial charge in [0, 0.05) is 11.0 Å². The van der Waals surface area contributed by atoms with Crippen molar-refractivity contribution in [2.75, 3.05) is 0 Å². The van der Waals surface area contributed by atoms with Gasteiger partial charge in [-0.2, -0.15) is 5.10 Å². The van der Waals surface area contributed by atoms with Crippen LogP contribution in [0.1, 0.15) is 30.6 Å². The van der Waals surface area contributed by atoms with Gasteiger partial charge in [-0.1, -0.05) is 46.6 Å². The molecule has 19 heavy (non-hydrogen) atoms. The molecule has 2 rings (SSSR count). The predicted molar refractivity (Wildman–Crippen MR) is 80.8 cm³/mol. The van der Waals surface area contributed by atoms with Gasteiger partial charge in [0.25, 0.3) is 0 Å². The highest BCUT2D eigenvalue weighted by atomic mass is 79.9. The van der Waals surface area contributed by atoms with Gasteiger partial charge in [-0.15, -0.1) is 0 Å². The third-order valence-corrected chi connectivity index (χ3v) is 3.73. The summed E-state index contributed by atoms with van der Waals surface area (Å²) in [6.45, 7) is 2.92. The minimum absolute atomic E-state index is 0.172. The van der Waals surface area contributed by atoms with Gasteiger partial charge in [0.2, 0.25) is 0 Å². The zero-order valence-electron chi connectivity index (χ0n) is 10.6. The lowest BCUT2D eigenvalue weighted by molar-refractivity contribution is 0.521. The number of rotatable bonds is 5. The molecule has 1 aromatic heterocycles. The van der Waals surface area contributed by atoms with Crippen molar-refractivity contribution in [3.05, 3.63) is 51.2 Å². The molecule has 0 aliphatic rings. The van der Waals surface area contributed by atoms with Crippen LogP contribution >= 0.6 is 27.5 Å². The second-order valence-corrected chi connectivity index (χ2v) is 5.57. The van der Waals surface area contributed by atoms with E-state index in [2.05, 4.69) is 33.4 Å². The molecule has 0 bridgehead atoms. The fourth-order valence-corrected chi connectivity index (χ4v) is 2.55. The highest BCUT2D eigenvalue weighted by molar-refractivity contribution is 9.10. The summed E-state index contributed by atoms with van der Waals surface area (Å²) < 4.78 is 2.93. The second kappa shape index (κ2) is 6.52. The van der Waals surface area contributed by atoms with Gasteiger partial charge >= 0.3 is 0 Å². The first kappa shape index (κ1) is 14.5. The lowest BCUT2D eigenvalue weighted by Crippen LogP contribution is -2.31. The highest BCUT2D eigenvalue weighted by Crippen LogP contribution is 2.28. The molecule has 0 spiro atoms. The van der Waals surface area contributed by atoms with Crippen LogP contribution in [0.25, 0.3) is 0 Å². The number of hydrogen-bond donors (Lipinski definition) is 2. The maximum absolute atomic E-state index is 6.25. The summed E-state index contributed by atoms with van der Waals surface area (Å²) in [6, 6.07) is 7.81. The molecule has 1 aromatic carbocycles. The van der Waals surface area contributed by atoms with Crippen LogP contribution in [0.5, 0.6) is 0 Å². The quantitative estimate of drug-likeness (QED) is 0.647. The number of nitrogens with two attached hydrogens (primary N) is 1. The molecule has 0 saturated heterocycles. The molecule has 0 saturated carbocycles. The van der Waals surface area contributed by atoms with Gasteiger partial charge in [-0.3, -0.25) is 10.5 Å². The van der Waals surface area contributed by atoms with Gasteiger partial charge in [0.05, 0.1) is 23.0 Å². The van der Waals surface area contributed by atoms with Crippen LogP contribution in [0.3, 0.4) is 0 Å². The van der Waals surface area contributed by atoms with Crippen molar-refractivity contribution in [2.24, 2.45) is 5.84 Å². The van der Waals surface area contributed by atoms with Crippen molar-refractivity contribution in [1.29, 1.82) is 0 Å². The molecule has 3 N–H and O–H groups in total. The van der Waals surface area contributed by atoms with E-state index in [0.717, 1.165) is 28.7 Å². The molecular formula is C13H16BrClN4. The lowest BCUT2D eigenvalue weighted by atomic mass is 10.0. The van der Waals surface area contributed by atoms with Gasteiger partial charge in [-0.05, 0) is 24.1 Å². The minimum Gasteiger partial charge on any atom is -0.271 e. The molecule has 102 valence electrons. The molecule has 2 aromatic rings. The first-order valence-electron chi connectivity index (χ1n) is 6.10. The molecule has 1 atom stereocenters. The third kappa shape index (κ3) is 3.17. The van der Waals surface area contributed by atoms with Crippen molar-refractivity contribution in [2.45, 2.75) is 25.9 Å². The number of aryl methyl sites for hydroxylation is 1. The van der Waals surface area contributed by atoms with Crippen LogP contribution < -0.4 is 11.3 Å². The van der Waals surface area contributed by atoms with E-state index in [0.29, 0.717) is 5.02 Å². The van der Waals surface area contributed by atoms with Crippen molar-refractivity contribution in [1.82, 2.24) is 15.2 Å². The number of hydrazine groups is 1. The van der Waals surface area contributed by atoms with Crippen molar-refractivity contribution < 1.29 is 0 Å². The molecule has 4 nitrogen and oxygen atoms in total. The summed E-state index contributed by atoms with van der Waals surface area (Å²) in [5.74, 6) is 5.71. The Kier molecular flexibility index (Phi) is 4.99. The Hall–Kier alpha value is -0.880. The zero-order chi connectivity index (χ0) is 13.8. The number of benzene rings is 1. The molecule has 0 aliphatic heterocycles. The topological polar surface area (TPSA) is 55.9 Å². The van der Waals surface area contributed by atoms with E-state index in [1.807, 2.05) is 28.9 Å². The number of nitrogens with one attached hydrogen (secondary N) is 1. The van der Waals surface area contributed by atoms with E-state index < -0.39 is 0 Å². The summed E-state index contributed by atoms with van der Waals surface area (Å²) in [6.07, 6.45) is 2.65. The highest BCUT2D eigenvalue weighted by Gasteiger charge is 2.20. The monoisotopic (exact) mass is 342 g/mol. The number of halogens is 2.